The third-order valence-corrected chi connectivity index (χ3v) is 1.63. The topological polar surface area (TPSA) is 49.7 Å². The molecule has 0 aliphatic heterocycles. The maximum atomic E-state index is 10.4. The fourth-order valence-corrected chi connectivity index (χ4v) is 0.725. The van der Waals surface area contributed by atoms with Crippen molar-refractivity contribution in [2.24, 2.45) is 10.9 Å². The van der Waals surface area contributed by atoms with Crippen molar-refractivity contribution in [3.8, 4) is 0 Å². The van der Waals surface area contributed by atoms with E-state index in [2.05, 4.69) is 11.7 Å². The average molecular weight is 143 g/mol. The molecule has 0 aliphatic rings. The molecule has 0 bridgehead atoms. The van der Waals surface area contributed by atoms with Gasteiger partial charge in [-0.05, 0) is 12.6 Å². The van der Waals surface area contributed by atoms with Gasteiger partial charge in [0.1, 0.15) is 6.04 Å². The molecular weight excluding hydrogens is 130 g/mol. The Hall–Kier alpha value is -0.860. The Kier molecular flexibility index (Phi) is 3.69. The molecule has 0 aromatic rings. The van der Waals surface area contributed by atoms with Crippen molar-refractivity contribution in [3.05, 3.63) is 0 Å². The molecule has 0 unspecified atom stereocenters. The zero-order chi connectivity index (χ0) is 8.15. The lowest BCUT2D eigenvalue weighted by molar-refractivity contribution is -0.139. The second-order valence-corrected chi connectivity index (χ2v) is 2.35. The number of aliphatic imine (C=N–C) groups is 1. The van der Waals surface area contributed by atoms with Crippen LogP contribution in [0.4, 0.5) is 0 Å². The standard InChI is InChI=1S/C7H13NO2/c1-4-5(2)6(8-3)7(9)10/h5-6H,3-4H2,1-2H3,(H,9,10)/t5-,6-/m0/s1. The maximum Gasteiger partial charge on any atom is 0.328 e. The normalized spacial score (nSPS) is 15.8. The number of hydrogen-bond donors (Lipinski definition) is 1. The zero-order valence-corrected chi connectivity index (χ0v) is 6.37. The van der Waals surface area contributed by atoms with E-state index in [0.29, 0.717) is 0 Å². The van der Waals surface area contributed by atoms with Crippen LogP contribution >= 0.6 is 0 Å². The van der Waals surface area contributed by atoms with E-state index in [1.165, 1.54) is 0 Å². The smallest absolute Gasteiger partial charge is 0.328 e. The number of carboxylic acids is 1. The van der Waals surface area contributed by atoms with Gasteiger partial charge in [0.25, 0.3) is 0 Å². The molecule has 58 valence electrons. The van der Waals surface area contributed by atoms with Crippen molar-refractivity contribution in [1.29, 1.82) is 0 Å². The molecule has 0 fully saturated rings. The summed E-state index contributed by atoms with van der Waals surface area (Å²) in [7, 11) is 0. The van der Waals surface area contributed by atoms with E-state index in [4.69, 9.17) is 5.11 Å². The summed E-state index contributed by atoms with van der Waals surface area (Å²) in [5.74, 6) is -0.806. The fourth-order valence-electron chi connectivity index (χ4n) is 0.725. The minimum absolute atomic E-state index is 0.0787. The van der Waals surface area contributed by atoms with Gasteiger partial charge in [0.2, 0.25) is 0 Å². The molecule has 0 aliphatic carbocycles. The monoisotopic (exact) mass is 143 g/mol. The fraction of sp³-hybridized carbons (Fsp3) is 0.714. The number of aliphatic carboxylic acids is 1. The Morgan fingerprint density at radius 2 is 2.30 bits per heavy atom. The summed E-state index contributed by atoms with van der Waals surface area (Å²) in [5, 5.41) is 8.54. The van der Waals surface area contributed by atoms with Gasteiger partial charge < -0.3 is 5.11 Å². The predicted octanol–water partition coefficient (Wildman–Crippen LogP) is 1.19. The third kappa shape index (κ3) is 2.17. The van der Waals surface area contributed by atoms with Crippen molar-refractivity contribution in [2.75, 3.05) is 0 Å². The first-order valence-electron chi connectivity index (χ1n) is 3.32. The Bertz CT molecular complexity index is 134. The number of carboxylic acid groups (broad SMARTS) is 1. The molecule has 0 amide bonds. The largest absolute Gasteiger partial charge is 0.480 e. The van der Waals surface area contributed by atoms with E-state index in [1.807, 2.05) is 13.8 Å². The number of hydrogen-bond acceptors (Lipinski definition) is 2. The van der Waals surface area contributed by atoms with Crippen LogP contribution < -0.4 is 0 Å². The zero-order valence-electron chi connectivity index (χ0n) is 6.37. The Morgan fingerprint density at radius 1 is 1.80 bits per heavy atom. The van der Waals surface area contributed by atoms with Crippen LogP contribution in [-0.2, 0) is 4.79 Å². The summed E-state index contributed by atoms with van der Waals surface area (Å²) < 4.78 is 0. The van der Waals surface area contributed by atoms with Crippen LogP contribution in [0.2, 0.25) is 0 Å². The molecule has 0 aromatic carbocycles. The van der Waals surface area contributed by atoms with Gasteiger partial charge >= 0.3 is 5.97 Å². The van der Waals surface area contributed by atoms with Crippen molar-refractivity contribution in [3.63, 3.8) is 0 Å². The van der Waals surface area contributed by atoms with E-state index >= 15 is 0 Å². The minimum Gasteiger partial charge on any atom is -0.480 e. The van der Waals surface area contributed by atoms with Gasteiger partial charge in [-0.25, -0.2) is 4.79 Å². The second kappa shape index (κ2) is 4.04. The summed E-state index contributed by atoms with van der Waals surface area (Å²) in [6, 6.07) is -0.634. The lowest BCUT2D eigenvalue weighted by Gasteiger charge is -2.12. The molecule has 0 spiro atoms. The Labute approximate surface area is 60.8 Å². The maximum absolute atomic E-state index is 10.4. The first-order valence-corrected chi connectivity index (χ1v) is 3.32. The summed E-state index contributed by atoms with van der Waals surface area (Å²) in [5.41, 5.74) is 0. The quantitative estimate of drug-likeness (QED) is 0.601. The summed E-state index contributed by atoms with van der Waals surface area (Å²) in [6.45, 7) is 7.01. The summed E-state index contributed by atoms with van der Waals surface area (Å²) >= 11 is 0. The first-order chi connectivity index (χ1) is 4.63. The number of carbonyl (C=O) groups is 1. The second-order valence-electron chi connectivity index (χ2n) is 2.35. The summed E-state index contributed by atoms with van der Waals surface area (Å²) in [4.78, 5) is 13.9. The molecular formula is C7H13NO2. The van der Waals surface area contributed by atoms with Crippen LogP contribution in [0.3, 0.4) is 0 Å². The van der Waals surface area contributed by atoms with Gasteiger partial charge in [-0.15, -0.1) is 0 Å². The lowest BCUT2D eigenvalue weighted by atomic mass is 10.0. The Balaban J connectivity index is 4.05. The lowest BCUT2D eigenvalue weighted by Crippen LogP contribution is -2.24. The third-order valence-electron chi connectivity index (χ3n) is 1.63. The number of nitrogens with zero attached hydrogens (tertiary/aromatic N) is 1. The molecule has 0 rings (SSSR count). The van der Waals surface area contributed by atoms with Crippen LogP contribution in [0.25, 0.3) is 0 Å². The van der Waals surface area contributed by atoms with Gasteiger partial charge in [0.05, 0.1) is 0 Å². The van der Waals surface area contributed by atoms with E-state index in [9.17, 15) is 4.79 Å². The molecule has 3 nitrogen and oxygen atoms in total. The van der Waals surface area contributed by atoms with Crippen molar-refractivity contribution < 1.29 is 9.90 Å². The molecule has 0 radical (unpaired) electrons. The van der Waals surface area contributed by atoms with Gasteiger partial charge in [-0.1, -0.05) is 20.3 Å². The van der Waals surface area contributed by atoms with Crippen molar-refractivity contribution in [2.45, 2.75) is 26.3 Å². The highest BCUT2D eigenvalue weighted by Crippen LogP contribution is 2.10. The van der Waals surface area contributed by atoms with Gasteiger partial charge in [0, 0.05) is 0 Å². The van der Waals surface area contributed by atoms with Gasteiger partial charge in [-0.3, -0.25) is 4.99 Å². The van der Waals surface area contributed by atoms with E-state index < -0.39 is 12.0 Å². The SMILES string of the molecule is C=N[C@H](C(=O)O)[C@@H](C)CC. The van der Waals surface area contributed by atoms with E-state index in [-0.39, 0.29) is 5.92 Å². The molecule has 3 heteroatoms. The first kappa shape index (κ1) is 9.14. The van der Waals surface area contributed by atoms with Crippen LogP contribution in [0.5, 0.6) is 0 Å². The number of rotatable bonds is 4. The average Bonchev–Trinajstić information content (AvgIpc) is 1.88. The molecule has 0 heterocycles. The van der Waals surface area contributed by atoms with Gasteiger partial charge in [0.15, 0.2) is 0 Å². The van der Waals surface area contributed by atoms with Crippen LogP contribution in [-0.4, -0.2) is 23.8 Å². The Morgan fingerprint density at radius 3 is 2.40 bits per heavy atom. The summed E-state index contributed by atoms with van der Waals surface area (Å²) in [6.07, 6.45) is 0.815. The molecule has 1 N–H and O–H groups in total. The molecule has 0 saturated carbocycles. The molecule has 0 saturated heterocycles. The van der Waals surface area contributed by atoms with Crippen LogP contribution in [0, 0.1) is 5.92 Å². The van der Waals surface area contributed by atoms with Crippen molar-refractivity contribution >= 4 is 12.7 Å². The van der Waals surface area contributed by atoms with Gasteiger partial charge in [-0.2, -0.15) is 0 Å². The van der Waals surface area contributed by atoms with Crippen LogP contribution in [0.15, 0.2) is 4.99 Å². The van der Waals surface area contributed by atoms with Crippen molar-refractivity contribution in [1.82, 2.24) is 0 Å². The highest BCUT2D eigenvalue weighted by atomic mass is 16.4. The van der Waals surface area contributed by atoms with Crippen LogP contribution in [0.1, 0.15) is 20.3 Å². The van der Waals surface area contributed by atoms with E-state index in [0.717, 1.165) is 6.42 Å². The molecule has 0 aromatic heterocycles. The minimum atomic E-state index is -0.885. The van der Waals surface area contributed by atoms with E-state index in [1.54, 1.807) is 0 Å². The predicted molar refractivity (Wildman–Crippen MR) is 40.4 cm³/mol. The molecule has 2 atom stereocenters. The molecule has 10 heavy (non-hydrogen) atoms. The highest BCUT2D eigenvalue weighted by molar-refractivity contribution is 5.74. The highest BCUT2D eigenvalue weighted by Gasteiger charge is 2.20.